The van der Waals surface area contributed by atoms with Crippen molar-refractivity contribution in [2.75, 3.05) is 13.2 Å². The molecule has 1 heterocycles. The highest BCUT2D eigenvalue weighted by molar-refractivity contribution is 14.1. The number of ether oxygens (including phenoxy) is 1. The number of piperidine rings is 1. The summed E-state index contributed by atoms with van der Waals surface area (Å²) >= 11 is 2.32. The molecule has 1 aromatic rings. The van der Waals surface area contributed by atoms with Crippen molar-refractivity contribution in [1.82, 2.24) is 4.90 Å². The Balaban J connectivity index is 2.24. The molecule has 0 spiro atoms. The maximum absolute atomic E-state index is 12.4. The smallest absolute Gasteiger partial charge is 0.327 e. The first-order chi connectivity index (χ1) is 10.1. The molecule has 114 valence electrons. The summed E-state index contributed by atoms with van der Waals surface area (Å²) in [4.78, 5) is 14.7. The molecule has 0 N–H and O–H groups in total. The van der Waals surface area contributed by atoms with E-state index in [0.29, 0.717) is 6.61 Å². The molecule has 1 aliphatic heterocycles. The first-order valence-corrected chi connectivity index (χ1v) is 8.51. The van der Waals surface area contributed by atoms with Crippen molar-refractivity contribution in [3.8, 4) is 0 Å². The van der Waals surface area contributed by atoms with Gasteiger partial charge in [0.25, 0.3) is 0 Å². The van der Waals surface area contributed by atoms with E-state index in [9.17, 15) is 4.79 Å². The molecule has 0 aromatic heterocycles. The fourth-order valence-corrected chi connectivity index (χ4v) is 3.38. The summed E-state index contributed by atoms with van der Waals surface area (Å²) in [6.07, 6.45) is 2.09. The van der Waals surface area contributed by atoms with Gasteiger partial charge in [0.2, 0.25) is 0 Å². The molecule has 1 fully saturated rings. The minimum Gasteiger partial charge on any atom is -0.465 e. The van der Waals surface area contributed by atoms with Gasteiger partial charge in [-0.3, -0.25) is 4.90 Å². The number of halogens is 1. The average molecular weight is 399 g/mol. The van der Waals surface area contributed by atoms with E-state index < -0.39 is 0 Å². The van der Waals surface area contributed by atoms with Crippen LogP contribution in [0.1, 0.15) is 32.3 Å². The third-order valence-corrected chi connectivity index (χ3v) is 4.46. The molecule has 21 heavy (non-hydrogen) atoms. The van der Waals surface area contributed by atoms with E-state index in [4.69, 9.17) is 4.74 Å². The second kappa shape index (κ2) is 7.94. The summed E-state index contributed by atoms with van der Waals surface area (Å²) < 4.78 is 6.52. The predicted molar refractivity (Wildman–Crippen MR) is 93.2 cm³/mol. The van der Waals surface area contributed by atoms with Crippen molar-refractivity contribution in [2.45, 2.75) is 39.3 Å². The van der Waals surface area contributed by atoms with Crippen LogP contribution in [0.4, 0.5) is 0 Å². The summed E-state index contributed by atoms with van der Waals surface area (Å²) in [5, 5.41) is 0. The zero-order chi connectivity index (χ0) is 15.2. The van der Waals surface area contributed by atoms with Crippen molar-refractivity contribution in [1.29, 1.82) is 0 Å². The number of carbonyl (C=O) groups is 1. The highest BCUT2D eigenvalue weighted by atomic mass is 127. The van der Waals surface area contributed by atoms with Gasteiger partial charge in [0.1, 0.15) is 6.04 Å². The monoisotopic (exact) mass is 399 g/mol. The summed E-state index contributed by atoms with van der Waals surface area (Å²) in [5.74, 6) is -0.112. The molecule has 1 aromatic carbocycles. The van der Waals surface area contributed by atoms with Crippen LogP contribution in [0.5, 0.6) is 0 Å². The Morgan fingerprint density at radius 2 is 2.10 bits per heavy atom. The van der Waals surface area contributed by atoms with Crippen LogP contribution in [-0.2, 0) is 16.1 Å². The Bertz CT molecular complexity index is 509. The molecule has 1 unspecified atom stereocenters. The van der Waals surface area contributed by atoms with Crippen LogP contribution in [0.3, 0.4) is 0 Å². The maximum Gasteiger partial charge on any atom is 0.327 e. The van der Waals surface area contributed by atoms with Gasteiger partial charge in [0.05, 0.1) is 6.61 Å². The van der Waals surface area contributed by atoms with Crippen LogP contribution < -0.4 is 0 Å². The second-order valence-corrected chi connectivity index (χ2v) is 6.89. The van der Waals surface area contributed by atoms with E-state index in [2.05, 4.69) is 46.5 Å². The summed E-state index contributed by atoms with van der Waals surface area (Å²) in [5.41, 5.74) is 2.45. The number of esters is 1. The lowest BCUT2D eigenvalue weighted by atomic mass is 9.94. The van der Waals surface area contributed by atoms with Crippen molar-refractivity contribution in [2.24, 2.45) is 0 Å². The van der Waals surface area contributed by atoms with Crippen molar-refractivity contribution >= 4 is 28.6 Å². The average Bonchev–Trinajstić information content (AvgIpc) is 2.48. The quantitative estimate of drug-likeness (QED) is 0.568. The number of benzene rings is 1. The molecule has 3 nitrogen and oxygen atoms in total. The zero-order valence-electron chi connectivity index (χ0n) is 12.6. The van der Waals surface area contributed by atoms with Crippen LogP contribution >= 0.6 is 22.6 Å². The van der Waals surface area contributed by atoms with E-state index in [1.165, 1.54) is 14.7 Å². The molecule has 1 aliphatic rings. The lowest BCUT2D eigenvalue weighted by molar-refractivity contribution is -0.148. The Morgan fingerprint density at radius 3 is 2.71 bits per heavy atom. The summed E-state index contributed by atoms with van der Waals surface area (Å²) in [6, 6.07) is 10.1. The molecule has 1 atom stereocenters. The Kier molecular flexibility index (Phi) is 6.23. The van der Waals surface area contributed by atoms with Crippen LogP contribution in [0.25, 0.3) is 0 Å². The lowest BCUT2D eigenvalue weighted by Gasteiger charge is -2.36. The van der Waals surface area contributed by atoms with E-state index in [1.807, 2.05) is 25.1 Å². The van der Waals surface area contributed by atoms with Gasteiger partial charge in [0, 0.05) is 6.54 Å². The van der Waals surface area contributed by atoms with Crippen molar-refractivity contribution in [3.63, 3.8) is 0 Å². The number of hydrogen-bond donors (Lipinski definition) is 0. The van der Waals surface area contributed by atoms with Gasteiger partial charge in [-0.05, 0) is 70.5 Å². The molecular weight excluding hydrogens is 377 g/mol. The van der Waals surface area contributed by atoms with Crippen LogP contribution in [0, 0.1) is 0 Å². The Hall–Kier alpha value is -0.880. The molecule has 0 bridgehead atoms. The third-order valence-electron chi connectivity index (χ3n) is 3.77. The second-order valence-electron chi connectivity index (χ2n) is 5.27. The standard InChI is InChI=1S/C17H22INO2/c1-3-21-17(20)16-15(13(2)18)10-7-11-19(16)12-14-8-5-4-6-9-14/h4-6,8-9,16H,3,7,10-12H2,1-2H3/b15-13+. The number of nitrogens with zero attached hydrogens (tertiary/aromatic N) is 1. The van der Waals surface area contributed by atoms with E-state index in [1.54, 1.807) is 0 Å². The summed E-state index contributed by atoms with van der Waals surface area (Å²) in [6.45, 7) is 6.10. The molecule has 0 saturated carbocycles. The van der Waals surface area contributed by atoms with Gasteiger partial charge in [-0.25, -0.2) is 4.79 Å². The van der Waals surface area contributed by atoms with Gasteiger partial charge < -0.3 is 4.74 Å². The van der Waals surface area contributed by atoms with Gasteiger partial charge in [-0.15, -0.1) is 0 Å². The molecule has 4 heteroatoms. The first kappa shape index (κ1) is 16.5. The normalized spacial score (nSPS) is 22.0. The van der Waals surface area contributed by atoms with Crippen molar-refractivity contribution in [3.05, 3.63) is 45.0 Å². The SMILES string of the molecule is CCOC(=O)C1/C(=C(\C)I)CCCN1Cc1ccccc1. The van der Waals surface area contributed by atoms with Gasteiger partial charge >= 0.3 is 5.97 Å². The number of likely N-dealkylation sites (tertiary alicyclic amines) is 1. The number of carbonyl (C=O) groups excluding carboxylic acids is 1. The van der Waals surface area contributed by atoms with Gasteiger partial charge in [-0.2, -0.15) is 0 Å². The maximum atomic E-state index is 12.4. The number of allylic oxidation sites excluding steroid dienone is 1. The minimum absolute atomic E-state index is 0.112. The fraction of sp³-hybridized carbons (Fsp3) is 0.471. The van der Waals surface area contributed by atoms with Crippen LogP contribution in [-0.4, -0.2) is 30.1 Å². The summed E-state index contributed by atoms with van der Waals surface area (Å²) in [7, 11) is 0. The van der Waals surface area contributed by atoms with Crippen LogP contribution in [0.2, 0.25) is 0 Å². The minimum atomic E-state index is -0.226. The predicted octanol–water partition coefficient (Wildman–Crippen LogP) is 3.92. The highest BCUT2D eigenvalue weighted by Gasteiger charge is 2.34. The first-order valence-electron chi connectivity index (χ1n) is 7.43. The number of rotatable bonds is 4. The highest BCUT2D eigenvalue weighted by Crippen LogP contribution is 2.30. The Morgan fingerprint density at radius 1 is 1.38 bits per heavy atom. The molecule has 0 aliphatic carbocycles. The fourth-order valence-electron chi connectivity index (χ4n) is 2.82. The largest absolute Gasteiger partial charge is 0.465 e. The molecule has 0 radical (unpaired) electrons. The molecule has 0 amide bonds. The van der Waals surface area contributed by atoms with Crippen LogP contribution in [0.15, 0.2) is 39.5 Å². The Labute approximate surface area is 140 Å². The number of hydrogen-bond acceptors (Lipinski definition) is 3. The lowest BCUT2D eigenvalue weighted by Crippen LogP contribution is -2.46. The molecule has 2 rings (SSSR count). The van der Waals surface area contributed by atoms with E-state index in [-0.39, 0.29) is 12.0 Å². The third kappa shape index (κ3) is 4.30. The zero-order valence-corrected chi connectivity index (χ0v) is 14.8. The van der Waals surface area contributed by atoms with Crippen molar-refractivity contribution < 1.29 is 9.53 Å². The van der Waals surface area contributed by atoms with E-state index >= 15 is 0 Å². The van der Waals surface area contributed by atoms with Gasteiger partial charge in [-0.1, -0.05) is 30.3 Å². The topological polar surface area (TPSA) is 29.5 Å². The molecular formula is C17H22INO2. The van der Waals surface area contributed by atoms with E-state index in [0.717, 1.165) is 25.9 Å². The molecule has 1 saturated heterocycles. The van der Waals surface area contributed by atoms with Gasteiger partial charge in [0.15, 0.2) is 0 Å².